The monoisotopic (exact) mass is 293 g/mol. The Hall–Kier alpha value is -0.880. The average molecular weight is 293 g/mol. The van der Waals surface area contributed by atoms with E-state index in [1.54, 1.807) is 6.07 Å². The van der Waals surface area contributed by atoms with Crippen molar-refractivity contribution in [1.29, 1.82) is 0 Å². The van der Waals surface area contributed by atoms with Crippen LogP contribution >= 0.6 is 11.8 Å². The van der Waals surface area contributed by atoms with Crippen LogP contribution in [0.25, 0.3) is 0 Å². The third-order valence-electron chi connectivity index (χ3n) is 2.50. The molecule has 6 heteroatoms. The van der Waals surface area contributed by atoms with Gasteiger partial charge in [0.05, 0.1) is 6.61 Å². The van der Waals surface area contributed by atoms with Crippen molar-refractivity contribution in [2.75, 3.05) is 18.9 Å². The fourth-order valence-corrected chi connectivity index (χ4v) is 2.09. The summed E-state index contributed by atoms with van der Waals surface area (Å²) < 4.78 is 41.4. The normalized spacial score (nSPS) is 13.3. The van der Waals surface area contributed by atoms with Gasteiger partial charge in [0, 0.05) is 17.4 Å². The van der Waals surface area contributed by atoms with Crippen LogP contribution in [-0.4, -0.2) is 24.4 Å². The highest BCUT2D eigenvalue weighted by Crippen LogP contribution is 2.30. The molecule has 0 aliphatic rings. The SMILES string of the molecule is CCNC(C)c1ccccc1OCCSC(F)(F)F. The molecule has 0 saturated carbocycles. The number of halogens is 3. The van der Waals surface area contributed by atoms with E-state index in [9.17, 15) is 13.2 Å². The topological polar surface area (TPSA) is 21.3 Å². The Labute approximate surface area is 115 Å². The fourth-order valence-electron chi connectivity index (χ4n) is 1.69. The molecule has 0 aliphatic heterocycles. The maximum absolute atomic E-state index is 12.0. The second kappa shape index (κ2) is 7.65. The van der Waals surface area contributed by atoms with E-state index in [-0.39, 0.29) is 30.2 Å². The van der Waals surface area contributed by atoms with Crippen molar-refractivity contribution in [1.82, 2.24) is 5.32 Å². The lowest BCUT2D eigenvalue weighted by atomic mass is 10.1. The summed E-state index contributed by atoms with van der Waals surface area (Å²) in [7, 11) is 0. The smallest absolute Gasteiger partial charge is 0.441 e. The van der Waals surface area contributed by atoms with Gasteiger partial charge >= 0.3 is 5.51 Å². The number of nitrogens with one attached hydrogen (secondary N) is 1. The molecular formula is C13H18F3NOS. The average Bonchev–Trinajstić information content (AvgIpc) is 2.34. The molecule has 1 rings (SSSR count). The third-order valence-corrected chi connectivity index (χ3v) is 3.20. The van der Waals surface area contributed by atoms with Gasteiger partial charge in [0.25, 0.3) is 0 Å². The van der Waals surface area contributed by atoms with Crippen molar-refractivity contribution in [2.24, 2.45) is 0 Å². The molecule has 0 bridgehead atoms. The highest BCUT2D eigenvalue weighted by atomic mass is 32.2. The lowest BCUT2D eigenvalue weighted by Crippen LogP contribution is -2.18. The summed E-state index contributed by atoms with van der Waals surface area (Å²) in [6.45, 7) is 4.86. The van der Waals surface area contributed by atoms with Crippen molar-refractivity contribution >= 4 is 11.8 Å². The molecule has 1 unspecified atom stereocenters. The summed E-state index contributed by atoms with van der Waals surface area (Å²) >= 11 is -0.0633. The minimum atomic E-state index is -4.19. The van der Waals surface area contributed by atoms with Crippen LogP contribution in [0.5, 0.6) is 5.75 Å². The Morgan fingerprint density at radius 2 is 2.00 bits per heavy atom. The number of hydrogen-bond acceptors (Lipinski definition) is 3. The maximum atomic E-state index is 12.0. The van der Waals surface area contributed by atoms with Crippen molar-refractivity contribution in [3.63, 3.8) is 0 Å². The first-order chi connectivity index (χ1) is 8.94. The largest absolute Gasteiger partial charge is 0.492 e. The van der Waals surface area contributed by atoms with Crippen molar-refractivity contribution < 1.29 is 17.9 Å². The minimum Gasteiger partial charge on any atom is -0.492 e. The predicted octanol–water partition coefficient (Wildman–Crippen LogP) is 3.99. The lowest BCUT2D eigenvalue weighted by Gasteiger charge is -2.17. The van der Waals surface area contributed by atoms with Crippen LogP contribution in [0.15, 0.2) is 24.3 Å². The highest BCUT2D eigenvalue weighted by Gasteiger charge is 2.27. The molecule has 1 atom stereocenters. The lowest BCUT2D eigenvalue weighted by molar-refractivity contribution is -0.0329. The van der Waals surface area contributed by atoms with E-state index < -0.39 is 5.51 Å². The van der Waals surface area contributed by atoms with Gasteiger partial charge in [-0.1, -0.05) is 25.1 Å². The van der Waals surface area contributed by atoms with Crippen LogP contribution in [0.3, 0.4) is 0 Å². The predicted molar refractivity (Wildman–Crippen MR) is 72.5 cm³/mol. The van der Waals surface area contributed by atoms with Gasteiger partial charge in [0.15, 0.2) is 0 Å². The summed E-state index contributed by atoms with van der Waals surface area (Å²) in [6.07, 6.45) is 0. The van der Waals surface area contributed by atoms with Crippen molar-refractivity contribution in [2.45, 2.75) is 25.4 Å². The Morgan fingerprint density at radius 1 is 1.32 bits per heavy atom. The molecule has 0 spiro atoms. The van der Waals surface area contributed by atoms with Crippen molar-refractivity contribution in [3.8, 4) is 5.75 Å². The van der Waals surface area contributed by atoms with Crippen LogP contribution in [-0.2, 0) is 0 Å². The first-order valence-corrected chi connectivity index (χ1v) is 7.08. The molecule has 1 aromatic rings. The molecule has 0 saturated heterocycles. The van der Waals surface area contributed by atoms with Crippen LogP contribution in [0.1, 0.15) is 25.5 Å². The van der Waals surface area contributed by atoms with E-state index in [2.05, 4.69) is 5.32 Å². The molecule has 1 aromatic carbocycles. The Balaban J connectivity index is 2.53. The molecule has 108 valence electrons. The molecule has 0 amide bonds. The zero-order chi connectivity index (χ0) is 14.3. The summed E-state index contributed by atoms with van der Waals surface area (Å²) in [5.41, 5.74) is -3.23. The standard InChI is InChI=1S/C13H18F3NOS/c1-3-17-10(2)11-6-4-5-7-12(11)18-8-9-19-13(14,15)16/h4-7,10,17H,3,8-9H2,1-2H3. The van der Waals surface area contributed by atoms with E-state index in [4.69, 9.17) is 4.74 Å². The molecule has 0 radical (unpaired) electrons. The second-order valence-electron chi connectivity index (χ2n) is 3.96. The minimum absolute atomic E-state index is 0.0417. The summed E-state index contributed by atoms with van der Waals surface area (Å²) in [5.74, 6) is 0.534. The first kappa shape index (κ1) is 16.2. The number of para-hydroxylation sites is 1. The molecule has 1 N–H and O–H groups in total. The quantitative estimate of drug-likeness (QED) is 0.768. The highest BCUT2D eigenvalue weighted by molar-refractivity contribution is 8.00. The first-order valence-electron chi connectivity index (χ1n) is 6.10. The Morgan fingerprint density at radius 3 is 2.63 bits per heavy atom. The van der Waals surface area contributed by atoms with Gasteiger partial charge in [-0.3, -0.25) is 0 Å². The van der Waals surface area contributed by atoms with Crippen LogP contribution < -0.4 is 10.1 Å². The summed E-state index contributed by atoms with van der Waals surface area (Å²) in [5, 5.41) is 3.25. The number of ether oxygens (including phenoxy) is 1. The van der Waals surface area contributed by atoms with Gasteiger partial charge in [-0.25, -0.2) is 0 Å². The molecule has 0 aliphatic carbocycles. The van der Waals surface area contributed by atoms with Crippen molar-refractivity contribution in [3.05, 3.63) is 29.8 Å². The number of thioether (sulfide) groups is 1. The molecule has 2 nitrogen and oxygen atoms in total. The maximum Gasteiger partial charge on any atom is 0.441 e. The van der Waals surface area contributed by atoms with Crippen LogP contribution in [0.2, 0.25) is 0 Å². The van der Waals surface area contributed by atoms with E-state index >= 15 is 0 Å². The van der Waals surface area contributed by atoms with E-state index in [0.29, 0.717) is 5.75 Å². The van der Waals surface area contributed by atoms with Gasteiger partial charge in [0.1, 0.15) is 5.75 Å². The number of alkyl halides is 3. The molecule has 0 fully saturated rings. The molecular weight excluding hydrogens is 275 g/mol. The zero-order valence-electron chi connectivity index (χ0n) is 11.0. The summed E-state index contributed by atoms with van der Waals surface area (Å²) in [4.78, 5) is 0. The fraction of sp³-hybridized carbons (Fsp3) is 0.538. The Kier molecular flexibility index (Phi) is 6.51. The van der Waals surface area contributed by atoms with Gasteiger partial charge in [0.2, 0.25) is 0 Å². The number of benzene rings is 1. The van der Waals surface area contributed by atoms with Gasteiger partial charge < -0.3 is 10.1 Å². The van der Waals surface area contributed by atoms with Crippen LogP contribution in [0.4, 0.5) is 13.2 Å². The van der Waals surface area contributed by atoms with Crippen LogP contribution in [0, 0.1) is 0 Å². The summed E-state index contributed by atoms with van der Waals surface area (Å²) in [6, 6.07) is 7.51. The van der Waals surface area contributed by atoms with Gasteiger partial charge in [-0.2, -0.15) is 13.2 Å². The third kappa shape index (κ3) is 6.20. The number of rotatable bonds is 7. The van der Waals surface area contributed by atoms with Gasteiger partial charge in [-0.15, -0.1) is 0 Å². The van der Waals surface area contributed by atoms with E-state index in [0.717, 1.165) is 12.1 Å². The Bertz CT molecular complexity index is 384. The van der Waals surface area contributed by atoms with Gasteiger partial charge in [-0.05, 0) is 31.3 Å². The molecule has 0 heterocycles. The number of hydrogen-bond donors (Lipinski definition) is 1. The zero-order valence-corrected chi connectivity index (χ0v) is 11.8. The molecule has 19 heavy (non-hydrogen) atoms. The van der Waals surface area contributed by atoms with E-state index in [1.807, 2.05) is 32.0 Å². The van der Waals surface area contributed by atoms with E-state index in [1.165, 1.54) is 0 Å². The molecule has 0 aromatic heterocycles. The second-order valence-corrected chi connectivity index (χ2v) is 5.12.